The first-order valence-corrected chi connectivity index (χ1v) is 9.75. The minimum absolute atomic E-state index is 0.0263. The number of methoxy groups -OCH3 is 1. The van der Waals surface area contributed by atoms with Crippen molar-refractivity contribution in [1.82, 2.24) is 15.2 Å². The minimum Gasteiger partial charge on any atom is -0.506 e. The van der Waals surface area contributed by atoms with Crippen LogP contribution in [0.3, 0.4) is 0 Å². The van der Waals surface area contributed by atoms with Crippen LogP contribution in [0, 0.1) is 12.8 Å². The number of nitrogens with zero attached hydrogens (tertiary/aromatic N) is 2. The summed E-state index contributed by atoms with van der Waals surface area (Å²) in [4.78, 5) is 4.77. The predicted molar refractivity (Wildman–Crippen MR) is 115 cm³/mol. The third-order valence-corrected chi connectivity index (χ3v) is 5.07. The highest BCUT2D eigenvalue weighted by molar-refractivity contribution is 6.32. The quantitative estimate of drug-likeness (QED) is 0.454. The summed E-state index contributed by atoms with van der Waals surface area (Å²) in [5.74, 6) is 1.72. The minimum atomic E-state index is 0.0263. The van der Waals surface area contributed by atoms with Crippen LogP contribution < -0.4 is 9.47 Å². The first-order chi connectivity index (χ1) is 13.9. The Morgan fingerprint density at radius 3 is 2.59 bits per heavy atom. The molecule has 150 valence electrons. The molecule has 0 aliphatic carbocycles. The fourth-order valence-electron chi connectivity index (χ4n) is 3.35. The van der Waals surface area contributed by atoms with Gasteiger partial charge in [0.05, 0.1) is 24.4 Å². The highest BCUT2D eigenvalue weighted by Crippen LogP contribution is 2.41. The Labute approximate surface area is 173 Å². The SMILES string of the molecule is COc1cc2c(-c3ccc(O)c(Cl)c3)nc3n[nH]c(C)c3c2cc1OCC(C)C. The second-order valence-corrected chi connectivity index (χ2v) is 7.83. The number of rotatable bonds is 5. The molecule has 0 radical (unpaired) electrons. The van der Waals surface area contributed by atoms with Gasteiger partial charge in [0, 0.05) is 27.4 Å². The average Bonchev–Trinajstić information content (AvgIpc) is 3.08. The number of hydrogen-bond donors (Lipinski definition) is 2. The highest BCUT2D eigenvalue weighted by Gasteiger charge is 2.18. The molecular formula is C22H22ClN3O3. The number of H-pyrrole nitrogens is 1. The van der Waals surface area contributed by atoms with E-state index in [1.807, 2.05) is 19.1 Å². The van der Waals surface area contributed by atoms with E-state index < -0.39 is 0 Å². The number of ether oxygens (including phenoxy) is 2. The molecular weight excluding hydrogens is 390 g/mol. The van der Waals surface area contributed by atoms with E-state index in [9.17, 15) is 5.11 Å². The number of hydrogen-bond acceptors (Lipinski definition) is 5. The highest BCUT2D eigenvalue weighted by atomic mass is 35.5. The summed E-state index contributed by atoms with van der Waals surface area (Å²) in [6, 6.07) is 8.95. The van der Waals surface area contributed by atoms with E-state index in [0.29, 0.717) is 35.4 Å². The molecule has 0 spiro atoms. The molecule has 0 amide bonds. The third kappa shape index (κ3) is 3.44. The van der Waals surface area contributed by atoms with Crippen LogP contribution in [0.4, 0.5) is 0 Å². The average molecular weight is 412 g/mol. The molecule has 0 saturated heterocycles. The summed E-state index contributed by atoms with van der Waals surface area (Å²) in [6.07, 6.45) is 0. The molecule has 0 aliphatic rings. The molecule has 0 atom stereocenters. The zero-order chi connectivity index (χ0) is 20.7. The second-order valence-electron chi connectivity index (χ2n) is 7.43. The van der Waals surface area contributed by atoms with Gasteiger partial charge >= 0.3 is 0 Å². The second kappa shape index (κ2) is 7.44. The van der Waals surface area contributed by atoms with E-state index >= 15 is 0 Å². The third-order valence-electron chi connectivity index (χ3n) is 4.77. The topological polar surface area (TPSA) is 80.3 Å². The fourth-order valence-corrected chi connectivity index (χ4v) is 3.53. The lowest BCUT2D eigenvalue weighted by atomic mass is 10.00. The van der Waals surface area contributed by atoms with E-state index in [2.05, 4.69) is 24.0 Å². The van der Waals surface area contributed by atoms with Crippen molar-refractivity contribution in [2.24, 2.45) is 5.92 Å². The Hall–Kier alpha value is -2.99. The Morgan fingerprint density at radius 1 is 1.14 bits per heavy atom. The summed E-state index contributed by atoms with van der Waals surface area (Å²) >= 11 is 6.15. The molecule has 2 aromatic heterocycles. The number of phenols is 1. The standard InChI is InChI=1S/C22H22ClN3O3/c1-11(2)10-29-19-8-14-15(9-18(19)28-4)21(13-5-6-17(27)16(23)7-13)24-22-20(14)12(3)25-26-22/h5-9,11,27H,10H2,1-4H3,(H,24,25,26). The van der Waals surface area contributed by atoms with Crippen molar-refractivity contribution >= 4 is 33.4 Å². The van der Waals surface area contributed by atoms with E-state index in [-0.39, 0.29) is 10.8 Å². The predicted octanol–water partition coefficient (Wildman–Crippen LogP) is 5.49. The molecule has 7 heteroatoms. The van der Waals surface area contributed by atoms with Gasteiger partial charge in [-0.1, -0.05) is 25.4 Å². The molecule has 4 aromatic rings. The summed E-state index contributed by atoms with van der Waals surface area (Å²) in [5.41, 5.74) is 3.01. The molecule has 2 aromatic carbocycles. The molecule has 4 rings (SSSR count). The zero-order valence-electron chi connectivity index (χ0n) is 16.7. The van der Waals surface area contributed by atoms with Crippen molar-refractivity contribution in [3.05, 3.63) is 41.0 Å². The maximum absolute atomic E-state index is 9.80. The smallest absolute Gasteiger partial charge is 0.182 e. The number of aromatic amines is 1. The van der Waals surface area contributed by atoms with Gasteiger partial charge in [0.1, 0.15) is 5.75 Å². The Morgan fingerprint density at radius 2 is 1.90 bits per heavy atom. The number of aryl methyl sites for hydroxylation is 1. The van der Waals surface area contributed by atoms with Crippen LogP contribution >= 0.6 is 11.6 Å². The summed E-state index contributed by atoms with van der Waals surface area (Å²) in [7, 11) is 1.62. The molecule has 0 bridgehead atoms. The maximum atomic E-state index is 9.80. The Kier molecular flexibility index (Phi) is 4.96. The van der Waals surface area contributed by atoms with Gasteiger partial charge in [-0.2, -0.15) is 5.10 Å². The van der Waals surface area contributed by atoms with Crippen molar-refractivity contribution in [3.8, 4) is 28.5 Å². The van der Waals surface area contributed by atoms with Crippen molar-refractivity contribution < 1.29 is 14.6 Å². The van der Waals surface area contributed by atoms with Gasteiger partial charge in [-0.3, -0.25) is 5.10 Å². The van der Waals surface area contributed by atoms with E-state index in [1.165, 1.54) is 0 Å². The molecule has 2 N–H and O–H groups in total. The van der Waals surface area contributed by atoms with Crippen LogP contribution in [0.25, 0.3) is 33.1 Å². The fraction of sp³-hybridized carbons (Fsp3) is 0.273. The lowest BCUT2D eigenvalue weighted by Gasteiger charge is -2.15. The molecule has 0 fully saturated rings. The molecule has 6 nitrogen and oxygen atoms in total. The van der Waals surface area contributed by atoms with Crippen molar-refractivity contribution in [1.29, 1.82) is 0 Å². The van der Waals surface area contributed by atoms with Gasteiger partial charge in [-0.15, -0.1) is 0 Å². The van der Waals surface area contributed by atoms with Gasteiger partial charge in [-0.25, -0.2) is 4.98 Å². The monoisotopic (exact) mass is 411 g/mol. The number of phenolic OH excluding ortho intramolecular Hbond substituents is 1. The number of pyridine rings is 1. The molecule has 29 heavy (non-hydrogen) atoms. The van der Waals surface area contributed by atoms with Crippen LogP contribution in [0.5, 0.6) is 17.2 Å². The van der Waals surface area contributed by atoms with Gasteiger partial charge < -0.3 is 14.6 Å². The van der Waals surface area contributed by atoms with Gasteiger partial charge in [-0.05, 0) is 43.2 Å². The van der Waals surface area contributed by atoms with Crippen LogP contribution in [0.15, 0.2) is 30.3 Å². The molecule has 0 aliphatic heterocycles. The van der Waals surface area contributed by atoms with Gasteiger partial charge in [0.25, 0.3) is 0 Å². The van der Waals surface area contributed by atoms with E-state index in [1.54, 1.807) is 25.3 Å². The number of fused-ring (bicyclic) bond motifs is 3. The number of aromatic nitrogens is 3. The first kappa shape index (κ1) is 19.3. The largest absolute Gasteiger partial charge is 0.506 e. The van der Waals surface area contributed by atoms with Crippen molar-refractivity contribution in [2.45, 2.75) is 20.8 Å². The molecule has 2 heterocycles. The molecule has 0 unspecified atom stereocenters. The first-order valence-electron chi connectivity index (χ1n) is 9.37. The van der Waals surface area contributed by atoms with Crippen LogP contribution in [0.1, 0.15) is 19.5 Å². The zero-order valence-corrected chi connectivity index (χ0v) is 17.5. The van der Waals surface area contributed by atoms with E-state index in [4.69, 9.17) is 26.1 Å². The van der Waals surface area contributed by atoms with Crippen molar-refractivity contribution in [3.63, 3.8) is 0 Å². The van der Waals surface area contributed by atoms with Crippen molar-refractivity contribution in [2.75, 3.05) is 13.7 Å². The Balaban J connectivity index is 2.04. The number of nitrogens with one attached hydrogen (secondary N) is 1. The Bertz CT molecular complexity index is 1220. The number of benzene rings is 2. The summed E-state index contributed by atoms with van der Waals surface area (Å²) < 4.78 is 11.6. The van der Waals surface area contributed by atoms with Gasteiger partial charge in [0.2, 0.25) is 0 Å². The summed E-state index contributed by atoms with van der Waals surface area (Å²) in [5, 5.41) is 20.2. The maximum Gasteiger partial charge on any atom is 0.182 e. The number of aromatic hydroxyl groups is 1. The van der Waals surface area contributed by atoms with E-state index in [0.717, 1.165) is 27.4 Å². The number of halogens is 1. The van der Waals surface area contributed by atoms with Crippen LogP contribution in [-0.2, 0) is 0 Å². The lowest BCUT2D eigenvalue weighted by Crippen LogP contribution is -2.05. The summed E-state index contributed by atoms with van der Waals surface area (Å²) in [6.45, 7) is 6.75. The van der Waals surface area contributed by atoms with Crippen LogP contribution in [0.2, 0.25) is 5.02 Å². The van der Waals surface area contributed by atoms with Gasteiger partial charge in [0.15, 0.2) is 17.1 Å². The molecule has 0 saturated carbocycles. The van der Waals surface area contributed by atoms with Crippen LogP contribution in [-0.4, -0.2) is 34.0 Å². The lowest BCUT2D eigenvalue weighted by molar-refractivity contribution is 0.257. The normalized spacial score (nSPS) is 11.5.